The van der Waals surface area contributed by atoms with Crippen molar-refractivity contribution in [2.24, 2.45) is 0 Å². The van der Waals surface area contributed by atoms with Crippen molar-refractivity contribution in [3.8, 4) is 5.69 Å². The summed E-state index contributed by atoms with van der Waals surface area (Å²) in [6.45, 7) is 8.61. The molecule has 2 aromatic carbocycles. The number of nitro groups is 1. The first-order valence-electron chi connectivity index (χ1n) is 12.0. The molecule has 1 heterocycles. The number of nitrogens with one attached hydrogen (secondary N) is 1. The number of ether oxygens (including phenoxy) is 1. The lowest BCUT2D eigenvalue weighted by atomic mass is 9.92. The third kappa shape index (κ3) is 7.23. The van der Waals surface area contributed by atoms with Crippen LogP contribution in [0.4, 0.5) is 11.5 Å². The van der Waals surface area contributed by atoms with Crippen molar-refractivity contribution in [1.29, 1.82) is 0 Å². The molecule has 3 aromatic rings. The summed E-state index contributed by atoms with van der Waals surface area (Å²) in [4.78, 5) is 38.2. The van der Waals surface area contributed by atoms with Gasteiger partial charge in [0.2, 0.25) is 5.91 Å². The summed E-state index contributed by atoms with van der Waals surface area (Å²) in [5.74, 6) is -0.286. The number of hydrogen-bond acceptors (Lipinski definition) is 6. The van der Waals surface area contributed by atoms with Crippen LogP contribution in [0.5, 0.6) is 0 Å². The average molecular weight is 508 g/mol. The number of amides is 2. The fraction of sp³-hybridized carbons (Fsp3) is 0.370. The van der Waals surface area contributed by atoms with Gasteiger partial charge in [-0.1, -0.05) is 32.9 Å². The van der Waals surface area contributed by atoms with Crippen LogP contribution in [0.2, 0.25) is 0 Å². The number of aromatic nitrogens is 2. The van der Waals surface area contributed by atoms with Crippen molar-refractivity contribution in [3.63, 3.8) is 0 Å². The van der Waals surface area contributed by atoms with Crippen molar-refractivity contribution in [2.75, 3.05) is 32.1 Å². The van der Waals surface area contributed by atoms with E-state index in [2.05, 4.69) is 5.32 Å². The van der Waals surface area contributed by atoms with Crippen LogP contribution in [0.3, 0.4) is 0 Å². The third-order valence-corrected chi connectivity index (χ3v) is 5.71. The minimum Gasteiger partial charge on any atom is -0.385 e. The number of methoxy groups -OCH3 is 1. The maximum Gasteiger partial charge on any atom is 0.269 e. The fourth-order valence-electron chi connectivity index (χ4n) is 3.71. The Hall–Kier alpha value is -4.05. The molecule has 0 bridgehead atoms. The standard InChI is InChI=1S/C27H33N5O5/c1-19-8-6-9-22(16-19)31-24(17-23(29-31)27(2,3)4)28-25(33)18-30(14-7-15-37-5)26(34)20-10-12-21(13-11-20)32(35)36/h6,8-13,16-17H,7,14-15,18H2,1-5H3,(H,28,33). The number of anilines is 1. The van der Waals surface area contributed by atoms with Gasteiger partial charge in [0, 0.05) is 49.4 Å². The Kier molecular flexibility index (Phi) is 8.77. The molecule has 10 heteroatoms. The van der Waals surface area contributed by atoms with Crippen molar-refractivity contribution in [1.82, 2.24) is 14.7 Å². The molecule has 0 spiro atoms. The van der Waals surface area contributed by atoms with Crippen LogP contribution in [-0.4, -0.2) is 58.2 Å². The van der Waals surface area contributed by atoms with Gasteiger partial charge in [-0.05, 0) is 43.2 Å². The molecular formula is C27H33N5O5. The SMILES string of the molecule is COCCCN(CC(=O)Nc1cc(C(C)(C)C)nn1-c1cccc(C)c1)C(=O)c1ccc([N+](=O)[O-])cc1. The number of non-ortho nitro benzene ring substituents is 1. The summed E-state index contributed by atoms with van der Waals surface area (Å²) >= 11 is 0. The van der Waals surface area contributed by atoms with E-state index in [4.69, 9.17) is 9.84 Å². The van der Waals surface area contributed by atoms with E-state index in [0.717, 1.165) is 16.9 Å². The number of hydrogen-bond donors (Lipinski definition) is 1. The van der Waals surface area contributed by atoms with Crippen LogP contribution in [0.1, 0.15) is 48.8 Å². The molecule has 37 heavy (non-hydrogen) atoms. The van der Waals surface area contributed by atoms with Crippen LogP contribution in [0, 0.1) is 17.0 Å². The molecular weight excluding hydrogens is 474 g/mol. The number of carbonyl (C=O) groups excluding carboxylic acids is 2. The Labute approximate surface area is 216 Å². The average Bonchev–Trinajstić information content (AvgIpc) is 3.27. The molecule has 10 nitrogen and oxygen atoms in total. The van der Waals surface area contributed by atoms with Crippen LogP contribution in [-0.2, 0) is 14.9 Å². The second kappa shape index (κ2) is 11.8. The lowest BCUT2D eigenvalue weighted by molar-refractivity contribution is -0.384. The molecule has 2 amide bonds. The summed E-state index contributed by atoms with van der Waals surface area (Å²) in [6, 6.07) is 15.0. The Balaban J connectivity index is 1.85. The van der Waals surface area contributed by atoms with E-state index in [1.165, 1.54) is 29.2 Å². The molecule has 1 N–H and O–H groups in total. The number of nitro benzene ring substituents is 1. The molecule has 0 saturated carbocycles. The minimum absolute atomic E-state index is 0.112. The van der Waals surface area contributed by atoms with Crippen molar-refractivity contribution >= 4 is 23.3 Å². The van der Waals surface area contributed by atoms with Crippen LogP contribution in [0.15, 0.2) is 54.6 Å². The number of aryl methyl sites for hydroxylation is 1. The van der Waals surface area contributed by atoms with E-state index in [1.54, 1.807) is 11.8 Å². The predicted octanol–water partition coefficient (Wildman–Crippen LogP) is 4.50. The van der Waals surface area contributed by atoms with Gasteiger partial charge in [0.15, 0.2) is 0 Å². The van der Waals surface area contributed by atoms with Gasteiger partial charge >= 0.3 is 0 Å². The zero-order valence-corrected chi connectivity index (χ0v) is 21.9. The molecule has 1 aromatic heterocycles. The first-order valence-corrected chi connectivity index (χ1v) is 12.0. The topological polar surface area (TPSA) is 120 Å². The van der Waals surface area contributed by atoms with Gasteiger partial charge < -0.3 is 15.0 Å². The van der Waals surface area contributed by atoms with E-state index in [0.29, 0.717) is 18.8 Å². The second-order valence-corrected chi connectivity index (χ2v) is 9.84. The molecule has 0 atom stereocenters. The highest BCUT2D eigenvalue weighted by Crippen LogP contribution is 2.26. The first kappa shape index (κ1) is 27.5. The van der Waals surface area contributed by atoms with Crippen molar-refractivity contribution in [3.05, 3.63) is 81.5 Å². The zero-order chi connectivity index (χ0) is 27.2. The molecule has 0 aliphatic rings. The highest BCUT2D eigenvalue weighted by atomic mass is 16.6. The van der Waals surface area contributed by atoms with Gasteiger partial charge in [0.05, 0.1) is 16.3 Å². The van der Waals surface area contributed by atoms with E-state index >= 15 is 0 Å². The normalized spacial score (nSPS) is 11.3. The van der Waals surface area contributed by atoms with Gasteiger partial charge in [-0.25, -0.2) is 4.68 Å². The fourth-order valence-corrected chi connectivity index (χ4v) is 3.71. The largest absolute Gasteiger partial charge is 0.385 e. The minimum atomic E-state index is -0.527. The van der Waals surface area contributed by atoms with Gasteiger partial charge in [-0.3, -0.25) is 19.7 Å². The molecule has 0 fully saturated rings. The Morgan fingerprint density at radius 1 is 1.14 bits per heavy atom. The second-order valence-electron chi connectivity index (χ2n) is 9.84. The van der Waals surface area contributed by atoms with Crippen LogP contribution in [0.25, 0.3) is 5.69 Å². The summed E-state index contributed by atoms with van der Waals surface area (Å²) < 4.78 is 6.80. The molecule has 0 radical (unpaired) electrons. The highest BCUT2D eigenvalue weighted by Gasteiger charge is 2.24. The Morgan fingerprint density at radius 2 is 1.84 bits per heavy atom. The molecule has 0 unspecified atom stereocenters. The van der Waals surface area contributed by atoms with E-state index in [9.17, 15) is 19.7 Å². The molecule has 0 aliphatic heterocycles. The maximum atomic E-state index is 13.2. The Bertz CT molecular complexity index is 1260. The van der Waals surface area contributed by atoms with Crippen molar-refractivity contribution < 1.29 is 19.2 Å². The van der Waals surface area contributed by atoms with Crippen LogP contribution >= 0.6 is 0 Å². The maximum absolute atomic E-state index is 13.2. The van der Waals surface area contributed by atoms with Gasteiger partial charge in [0.1, 0.15) is 12.4 Å². The first-order chi connectivity index (χ1) is 17.5. The number of nitrogens with zero attached hydrogens (tertiary/aromatic N) is 4. The van der Waals surface area contributed by atoms with Gasteiger partial charge in [-0.15, -0.1) is 0 Å². The highest BCUT2D eigenvalue weighted by molar-refractivity contribution is 5.99. The molecule has 0 aliphatic carbocycles. The van der Waals surface area contributed by atoms with E-state index in [1.807, 2.05) is 58.0 Å². The lowest BCUT2D eigenvalue weighted by Gasteiger charge is -2.22. The summed E-state index contributed by atoms with van der Waals surface area (Å²) in [6.07, 6.45) is 0.526. The number of rotatable bonds is 10. The van der Waals surface area contributed by atoms with Gasteiger partial charge in [0.25, 0.3) is 11.6 Å². The summed E-state index contributed by atoms with van der Waals surface area (Å²) in [7, 11) is 1.56. The smallest absolute Gasteiger partial charge is 0.269 e. The molecule has 3 rings (SSSR count). The summed E-state index contributed by atoms with van der Waals surface area (Å²) in [5.41, 5.74) is 2.58. The Morgan fingerprint density at radius 3 is 2.43 bits per heavy atom. The van der Waals surface area contributed by atoms with E-state index in [-0.39, 0.29) is 35.7 Å². The number of benzene rings is 2. The third-order valence-electron chi connectivity index (χ3n) is 5.71. The number of carbonyl (C=O) groups is 2. The monoisotopic (exact) mass is 507 g/mol. The van der Waals surface area contributed by atoms with Crippen LogP contribution < -0.4 is 5.32 Å². The van der Waals surface area contributed by atoms with E-state index < -0.39 is 10.8 Å². The quantitative estimate of drug-likeness (QED) is 0.245. The molecule has 196 valence electrons. The summed E-state index contributed by atoms with van der Waals surface area (Å²) in [5, 5.41) is 18.6. The van der Waals surface area contributed by atoms with Crippen molar-refractivity contribution in [2.45, 2.75) is 39.5 Å². The lowest BCUT2D eigenvalue weighted by Crippen LogP contribution is -2.39. The molecule has 0 saturated heterocycles. The zero-order valence-electron chi connectivity index (χ0n) is 21.9. The van der Waals surface area contributed by atoms with Gasteiger partial charge in [-0.2, -0.15) is 5.10 Å². The predicted molar refractivity (Wildman–Crippen MR) is 141 cm³/mol.